The molecule has 0 aliphatic rings. The highest BCUT2D eigenvalue weighted by Gasteiger charge is 2.18. The van der Waals surface area contributed by atoms with Crippen molar-refractivity contribution in [2.75, 3.05) is 11.0 Å². The van der Waals surface area contributed by atoms with Crippen LogP contribution < -0.4 is 4.72 Å². The molecular formula is C14H18N2O4S. The van der Waals surface area contributed by atoms with Gasteiger partial charge in [0.15, 0.2) is 0 Å². The third kappa shape index (κ3) is 4.22. The van der Waals surface area contributed by atoms with Gasteiger partial charge in [0.1, 0.15) is 5.60 Å². The van der Waals surface area contributed by atoms with Gasteiger partial charge in [0.25, 0.3) is 0 Å². The molecule has 7 heteroatoms. The Kier molecular flexibility index (Phi) is 3.71. The molecule has 0 bridgehead atoms. The first kappa shape index (κ1) is 15.4. The highest BCUT2D eigenvalue weighted by molar-refractivity contribution is 7.92. The van der Waals surface area contributed by atoms with Gasteiger partial charge in [-0.25, -0.2) is 13.2 Å². The lowest BCUT2D eigenvalue weighted by Crippen LogP contribution is -2.26. The van der Waals surface area contributed by atoms with Gasteiger partial charge in [-0.15, -0.1) is 0 Å². The van der Waals surface area contributed by atoms with E-state index in [1.54, 1.807) is 51.4 Å². The molecule has 0 unspecified atom stereocenters. The van der Waals surface area contributed by atoms with Crippen molar-refractivity contribution < 1.29 is 17.9 Å². The zero-order valence-corrected chi connectivity index (χ0v) is 13.2. The van der Waals surface area contributed by atoms with Gasteiger partial charge in [0, 0.05) is 28.9 Å². The Hall–Kier alpha value is -2.02. The summed E-state index contributed by atoms with van der Waals surface area (Å²) < 4.78 is 31.5. The van der Waals surface area contributed by atoms with Crippen molar-refractivity contribution in [3.63, 3.8) is 0 Å². The first-order chi connectivity index (χ1) is 9.53. The van der Waals surface area contributed by atoms with E-state index in [9.17, 15) is 13.2 Å². The summed E-state index contributed by atoms with van der Waals surface area (Å²) in [5.74, 6) is 0. The van der Waals surface area contributed by atoms with E-state index in [0.29, 0.717) is 5.69 Å². The summed E-state index contributed by atoms with van der Waals surface area (Å²) in [6.45, 7) is 5.38. The molecule has 1 N–H and O–H groups in total. The number of nitrogens with one attached hydrogen (secondary N) is 1. The lowest BCUT2D eigenvalue weighted by Gasteiger charge is -2.19. The highest BCUT2D eigenvalue weighted by Crippen LogP contribution is 2.21. The number of aromatic nitrogens is 1. The Labute approximate surface area is 123 Å². The molecule has 0 spiro atoms. The molecule has 0 radical (unpaired) electrons. The second-order valence-corrected chi connectivity index (χ2v) is 7.61. The summed E-state index contributed by atoms with van der Waals surface area (Å²) in [6, 6.07) is 5.05. The number of hydrogen-bond donors (Lipinski definition) is 1. The van der Waals surface area contributed by atoms with Crippen LogP contribution in [-0.4, -0.2) is 30.9 Å². The maximum absolute atomic E-state index is 12.0. The van der Waals surface area contributed by atoms with Crippen LogP contribution in [0.5, 0.6) is 0 Å². The number of hydrogen-bond acceptors (Lipinski definition) is 4. The van der Waals surface area contributed by atoms with E-state index in [4.69, 9.17) is 4.74 Å². The van der Waals surface area contributed by atoms with Crippen molar-refractivity contribution >= 4 is 32.6 Å². The number of rotatable bonds is 2. The van der Waals surface area contributed by atoms with E-state index < -0.39 is 21.7 Å². The van der Waals surface area contributed by atoms with Gasteiger partial charge in [-0.3, -0.25) is 9.29 Å². The summed E-state index contributed by atoms with van der Waals surface area (Å²) >= 11 is 0. The Morgan fingerprint density at radius 3 is 2.38 bits per heavy atom. The lowest BCUT2D eigenvalue weighted by atomic mass is 10.2. The van der Waals surface area contributed by atoms with Gasteiger partial charge in [0.05, 0.1) is 6.26 Å². The number of carbonyl (C=O) groups excluding carboxylic acids is 1. The van der Waals surface area contributed by atoms with Gasteiger partial charge >= 0.3 is 6.09 Å². The van der Waals surface area contributed by atoms with Crippen molar-refractivity contribution in [1.29, 1.82) is 0 Å². The van der Waals surface area contributed by atoms with E-state index in [1.165, 1.54) is 4.57 Å². The van der Waals surface area contributed by atoms with Gasteiger partial charge < -0.3 is 4.74 Å². The average molecular weight is 310 g/mol. The lowest BCUT2D eigenvalue weighted by molar-refractivity contribution is 0.0538. The predicted molar refractivity (Wildman–Crippen MR) is 82.0 cm³/mol. The van der Waals surface area contributed by atoms with Crippen LogP contribution in [0.2, 0.25) is 0 Å². The van der Waals surface area contributed by atoms with Crippen LogP contribution in [0.1, 0.15) is 20.8 Å². The van der Waals surface area contributed by atoms with Crippen LogP contribution in [0.3, 0.4) is 0 Å². The number of benzene rings is 1. The summed E-state index contributed by atoms with van der Waals surface area (Å²) in [4.78, 5) is 12.0. The Morgan fingerprint density at radius 2 is 1.81 bits per heavy atom. The first-order valence-corrected chi connectivity index (χ1v) is 8.25. The van der Waals surface area contributed by atoms with E-state index in [2.05, 4.69) is 4.72 Å². The van der Waals surface area contributed by atoms with Crippen LogP contribution in [0.25, 0.3) is 10.8 Å². The molecule has 2 rings (SSSR count). The van der Waals surface area contributed by atoms with E-state index in [1.807, 2.05) is 0 Å². The fraction of sp³-hybridized carbons (Fsp3) is 0.357. The standard InChI is InChI=1S/C14H18N2O4S/c1-14(2,3)20-13(17)16-8-10-5-6-12(7-11(10)9-16)15-21(4,18)19/h5-9,15H,1-4H3. The van der Waals surface area contributed by atoms with Crippen LogP contribution in [0.4, 0.5) is 10.5 Å². The maximum atomic E-state index is 12.0. The number of nitrogens with zero attached hydrogens (tertiary/aromatic N) is 1. The largest absolute Gasteiger partial charge is 0.443 e. The van der Waals surface area contributed by atoms with E-state index in [0.717, 1.165) is 17.0 Å². The number of anilines is 1. The normalized spacial score (nSPS) is 12.4. The fourth-order valence-corrected chi connectivity index (χ4v) is 2.39. The molecule has 0 fully saturated rings. The van der Waals surface area contributed by atoms with Gasteiger partial charge in [-0.2, -0.15) is 0 Å². The average Bonchev–Trinajstić information content (AvgIpc) is 2.67. The van der Waals surface area contributed by atoms with E-state index >= 15 is 0 Å². The van der Waals surface area contributed by atoms with Crippen molar-refractivity contribution in [3.05, 3.63) is 30.6 Å². The van der Waals surface area contributed by atoms with Crippen LogP contribution in [0, 0.1) is 0 Å². The molecule has 114 valence electrons. The minimum atomic E-state index is -3.33. The van der Waals surface area contributed by atoms with Crippen molar-refractivity contribution in [2.24, 2.45) is 0 Å². The first-order valence-electron chi connectivity index (χ1n) is 6.36. The summed E-state index contributed by atoms with van der Waals surface area (Å²) in [5.41, 5.74) is -0.122. The fourth-order valence-electron chi connectivity index (χ4n) is 1.84. The summed E-state index contributed by atoms with van der Waals surface area (Å²) in [6.07, 6.45) is 3.87. The number of sulfonamides is 1. The third-order valence-electron chi connectivity index (χ3n) is 2.55. The number of carbonyl (C=O) groups is 1. The van der Waals surface area contributed by atoms with Crippen LogP contribution in [0.15, 0.2) is 30.6 Å². The molecule has 0 saturated carbocycles. The molecule has 21 heavy (non-hydrogen) atoms. The minimum Gasteiger partial charge on any atom is -0.443 e. The molecule has 1 heterocycles. The smallest absolute Gasteiger partial charge is 0.418 e. The molecule has 2 aromatic rings. The Morgan fingerprint density at radius 1 is 1.19 bits per heavy atom. The maximum Gasteiger partial charge on any atom is 0.418 e. The summed E-state index contributed by atoms with van der Waals surface area (Å²) in [7, 11) is -3.33. The molecule has 0 amide bonds. The second kappa shape index (κ2) is 5.07. The van der Waals surface area contributed by atoms with Gasteiger partial charge in [-0.1, -0.05) is 6.07 Å². The van der Waals surface area contributed by atoms with Gasteiger partial charge in [-0.05, 0) is 32.9 Å². The SMILES string of the molecule is CC(C)(C)OC(=O)n1cc2ccc(NS(C)(=O)=O)cc2c1. The summed E-state index contributed by atoms with van der Waals surface area (Å²) in [5, 5.41) is 1.56. The quantitative estimate of drug-likeness (QED) is 0.925. The minimum absolute atomic E-state index is 0.451. The monoisotopic (exact) mass is 310 g/mol. The van der Waals surface area contributed by atoms with Crippen molar-refractivity contribution in [3.8, 4) is 0 Å². The predicted octanol–water partition coefficient (Wildman–Crippen LogP) is 2.80. The van der Waals surface area contributed by atoms with Crippen LogP contribution >= 0.6 is 0 Å². The van der Waals surface area contributed by atoms with E-state index in [-0.39, 0.29) is 0 Å². The second-order valence-electron chi connectivity index (χ2n) is 5.86. The van der Waals surface area contributed by atoms with Gasteiger partial charge in [0.2, 0.25) is 10.0 Å². The molecule has 0 atom stereocenters. The molecule has 0 saturated heterocycles. The molecule has 1 aromatic carbocycles. The molecule has 1 aromatic heterocycles. The molecule has 0 aliphatic heterocycles. The topological polar surface area (TPSA) is 77.4 Å². The van der Waals surface area contributed by atoms with Crippen molar-refractivity contribution in [1.82, 2.24) is 4.57 Å². The Balaban J connectivity index is 2.32. The highest BCUT2D eigenvalue weighted by atomic mass is 32.2. The van der Waals surface area contributed by atoms with Crippen LogP contribution in [-0.2, 0) is 14.8 Å². The molecule has 0 aliphatic carbocycles. The number of ether oxygens (including phenoxy) is 1. The molecule has 6 nitrogen and oxygen atoms in total. The number of fused-ring (bicyclic) bond motifs is 1. The van der Waals surface area contributed by atoms with Crippen molar-refractivity contribution in [2.45, 2.75) is 26.4 Å². The third-order valence-corrected chi connectivity index (χ3v) is 3.16. The molecular weight excluding hydrogens is 292 g/mol. The zero-order chi connectivity index (χ0) is 15.8. The zero-order valence-electron chi connectivity index (χ0n) is 12.4. The Bertz CT molecular complexity index is 785.